The van der Waals surface area contributed by atoms with Crippen LogP contribution in [0, 0.1) is 6.92 Å². The van der Waals surface area contributed by atoms with Crippen LogP contribution in [0.3, 0.4) is 0 Å². The maximum absolute atomic E-state index is 12.6. The Balaban J connectivity index is 1.53. The van der Waals surface area contributed by atoms with Crippen LogP contribution in [0.5, 0.6) is 11.5 Å². The van der Waals surface area contributed by atoms with Crippen molar-refractivity contribution in [2.45, 2.75) is 6.92 Å². The maximum atomic E-state index is 12.6. The summed E-state index contributed by atoms with van der Waals surface area (Å²) in [5.74, 6) is 0.863. The number of para-hydroxylation sites is 1. The number of aromatic nitrogens is 2. The van der Waals surface area contributed by atoms with Crippen LogP contribution >= 0.6 is 0 Å². The molecule has 0 saturated carbocycles. The van der Waals surface area contributed by atoms with Gasteiger partial charge in [0.15, 0.2) is 0 Å². The van der Waals surface area contributed by atoms with Crippen molar-refractivity contribution in [3.63, 3.8) is 0 Å². The topological polar surface area (TPSA) is 72.7 Å². The predicted octanol–water partition coefficient (Wildman–Crippen LogP) is 4.05. The molecule has 0 atom stereocenters. The number of pyridine rings is 1. The lowest BCUT2D eigenvalue weighted by Gasteiger charge is -2.08. The van der Waals surface area contributed by atoms with E-state index in [1.54, 1.807) is 36.5 Å². The molecule has 0 spiro atoms. The number of carbonyl (C=O) groups excluding carboxylic acids is 1. The van der Waals surface area contributed by atoms with Gasteiger partial charge in [0.05, 0.1) is 0 Å². The van der Waals surface area contributed by atoms with Crippen molar-refractivity contribution >= 4 is 17.2 Å². The van der Waals surface area contributed by atoms with Gasteiger partial charge in [0.2, 0.25) is 0 Å². The molecular weight excluding hydrogens is 354 g/mol. The molecule has 4 rings (SSSR count). The SMILES string of the molecule is Cc1ccc2ncc(C(=O)Nc3ccc(Oc4ccccc4)cc3)c(=O)n2c1. The first-order valence-electron chi connectivity index (χ1n) is 8.72. The number of amides is 1. The standard InChI is InChI=1S/C22H17N3O3/c1-15-7-12-20-23-13-19(22(27)25(20)14-15)21(26)24-16-8-10-18(11-9-16)28-17-5-3-2-4-6-17/h2-14H,1H3,(H,24,26). The summed E-state index contributed by atoms with van der Waals surface area (Å²) in [6.07, 6.45) is 2.96. The number of fused-ring (bicyclic) bond motifs is 1. The number of ether oxygens (including phenoxy) is 1. The molecule has 6 heteroatoms. The number of benzene rings is 2. The first kappa shape index (κ1) is 17.5. The van der Waals surface area contributed by atoms with Crippen LogP contribution in [-0.2, 0) is 0 Å². The molecule has 0 unspecified atom stereocenters. The molecule has 0 aliphatic rings. The Morgan fingerprint density at radius 1 is 0.964 bits per heavy atom. The Morgan fingerprint density at radius 3 is 2.43 bits per heavy atom. The van der Waals surface area contributed by atoms with Gasteiger partial charge in [-0.15, -0.1) is 0 Å². The highest BCUT2D eigenvalue weighted by molar-refractivity contribution is 6.03. The zero-order valence-corrected chi connectivity index (χ0v) is 15.1. The second-order valence-corrected chi connectivity index (χ2v) is 6.31. The van der Waals surface area contributed by atoms with Crippen LogP contribution < -0.4 is 15.6 Å². The highest BCUT2D eigenvalue weighted by Gasteiger charge is 2.13. The monoisotopic (exact) mass is 371 g/mol. The van der Waals surface area contributed by atoms with Gasteiger partial charge in [-0.2, -0.15) is 0 Å². The van der Waals surface area contributed by atoms with Gasteiger partial charge in [-0.1, -0.05) is 24.3 Å². The van der Waals surface area contributed by atoms with Crippen molar-refractivity contribution in [2.24, 2.45) is 0 Å². The van der Waals surface area contributed by atoms with Crippen molar-refractivity contribution < 1.29 is 9.53 Å². The van der Waals surface area contributed by atoms with E-state index in [2.05, 4.69) is 10.3 Å². The van der Waals surface area contributed by atoms with Crippen LogP contribution in [0.1, 0.15) is 15.9 Å². The minimum absolute atomic E-state index is 0.0206. The quantitative estimate of drug-likeness (QED) is 0.587. The minimum Gasteiger partial charge on any atom is -0.457 e. The Labute approximate surface area is 161 Å². The second kappa shape index (κ2) is 7.36. The van der Waals surface area contributed by atoms with E-state index in [1.807, 2.05) is 43.3 Å². The van der Waals surface area contributed by atoms with Gasteiger partial charge in [0.25, 0.3) is 11.5 Å². The summed E-state index contributed by atoms with van der Waals surface area (Å²) in [5.41, 5.74) is 1.53. The van der Waals surface area contributed by atoms with E-state index in [0.29, 0.717) is 17.1 Å². The van der Waals surface area contributed by atoms with Crippen molar-refractivity contribution in [3.05, 3.63) is 101 Å². The average Bonchev–Trinajstić information content (AvgIpc) is 2.71. The molecule has 2 aromatic carbocycles. The second-order valence-electron chi connectivity index (χ2n) is 6.31. The van der Waals surface area contributed by atoms with Gasteiger partial charge in [-0.05, 0) is 55.0 Å². The zero-order chi connectivity index (χ0) is 19.5. The Hall–Kier alpha value is -3.93. The third kappa shape index (κ3) is 3.61. The lowest BCUT2D eigenvalue weighted by Crippen LogP contribution is -2.26. The number of hydrogen-bond acceptors (Lipinski definition) is 4. The van der Waals surface area contributed by atoms with Gasteiger partial charge in [0, 0.05) is 18.1 Å². The number of aryl methyl sites for hydroxylation is 1. The molecule has 2 heterocycles. The molecule has 0 aliphatic carbocycles. The third-order valence-electron chi connectivity index (χ3n) is 4.19. The summed E-state index contributed by atoms with van der Waals surface area (Å²) in [7, 11) is 0. The summed E-state index contributed by atoms with van der Waals surface area (Å²) in [5, 5.41) is 2.72. The molecule has 0 saturated heterocycles. The summed E-state index contributed by atoms with van der Waals surface area (Å²) in [6, 6.07) is 19.9. The predicted molar refractivity (Wildman–Crippen MR) is 107 cm³/mol. The number of hydrogen-bond donors (Lipinski definition) is 1. The molecule has 138 valence electrons. The van der Waals surface area contributed by atoms with Crippen LogP contribution in [0.4, 0.5) is 5.69 Å². The van der Waals surface area contributed by atoms with E-state index in [4.69, 9.17) is 4.74 Å². The number of anilines is 1. The van der Waals surface area contributed by atoms with Crippen LogP contribution in [0.2, 0.25) is 0 Å². The molecule has 4 aromatic rings. The average molecular weight is 371 g/mol. The molecule has 2 aromatic heterocycles. The number of nitrogens with zero attached hydrogens (tertiary/aromatic N) is 2. The molecule has 1 N–H and O–H groups in total. The molecular formula is C22H17N3O3. The van der Waals surface area contributed by atoms with E-state index < -0.39 is 11.5 Å². The van der Waals surface area contributed by atoms with Gasteiger partial charge in [-0.25, -0.2) is 4.98 Å². The van der Waals surface area contributed by atoms with Crippen molar-refractivity contribution in [3.8, 4) is 11.5 Å². The highest BCUT2D eigenvalue weighted by Crippen LogP contribution is 2.22. The van der Waals surface area contributed by atoms with E-state index >= 15 is 0 Å². The Bertz CT molecular complexity index is 1200. The molecule has 0 fully saturated rings. The molecule has 0 radical (unpaired) electrons. The van der Waals surface area contributed by atoms with Crippen LogP contribution in [0.15, 0.2) is 83.9 Å². The summed E-state index contributed by atoms with van der Waals surface area (Å²) in [4.78, 5) is 29.3. The highest BCUT2D eigenvalue weighted by atomic mass is 16.5. The Morgan fingerprint density at radius 2 is 1.68 bits per heavy atom. The molecule has 28 heavy (non-hydrogen) atoms. The van der Waals surface area contributed by atoms with Crippen LogP contribution in [-0.4, -0.2) is 15.3 Å². The van der Waals surface area contributed by atoms with E-state index in [1.165, 1.54) is 10.6 Å². The summed E-state index contributed by atoms with van der Waals surface area (Å²) < 4.78 is 7.10. The molecule has 0 aliphatic heterocycles. The smallest absolute Gasteiger partial charge is 0.270 e. The normalized spacial score (nSPS) is 10.6. The largest absolute Gasteiger partial charge is 0.457 e. The van der Waals surface area contributed by atoms with E-state index in [9.17, 15) is 9.59 Å². The fourth-order valence-electron chi connectivity index (χ4n) is 2.77. The fraction of sp³-hybridized carbons (Fsp3) is 0.0455. The Kier molecular flexibility index (Phi) is 4.60. The maximum Gasteiger partial charge on any atom is 0.270 e. The zero-order valence-electron chi connectivity index (χ0n) is 15.1. The first-order valence-corrected chi connectivity index (χ1v) is 8.72. The molecule has 1 amide bonds. The van der Waals surface area contributed by atoms with E-state index in [-0.39, 0.29) is 5.56 Å². The van der Waals surface area contributed by atoms with Gasteiger partial charge >= 0.3 is 0 Å². The number of carbonyl (C=O) groups is 1. The van der Waals surface area contributed by atoms with E-state index in [0.717, 1.165) is 11.3 Å². The van der Waals surface area contributed by atoms with Crippen LogP contribution in [0.25, 0.3) is 5.65 Å². The van der Waals surface area contributed by atoms with Gasteiger partial charge in [-0.3, -0.25) is 14.0 Å². The first-order chi connectivity index (χ1) is 13.6. The summed E-state index contributed by atoms with van der Waals surface area (Å²) >= 11 is 0. The van der Waals surface area contributed by atoms with Gasteiger partial charge in [0.1, 0.15) is 22.7 Å². The lowest BCUT2D eigenvalue weighted by molar-refractivity contribution is 0.102. The fourth-order valence-corrected chi connectivity index (χ4v) is 2.77. The number of rotatable bonds is 4. The van der Waals surface area contributed by atoms with Crippen molar-refractivity contribution in [1.29, 1.82) is 0 Å². The molecule has 0 bridgehead atoms. The van der Waals surface area contributed by atoms with Gasteiger partial charge < -0.3 is 10.1 Å². The summed E-state index contributed by atoms with van der Waals surface area (Å²) in [6.45, 7) is 1.87. The minimum atomic E-state index is -0.509. The van der Waals surface area contributed by atoms with Crippen molar-refractivity contribution in [1.82, 2.24) is 9.38 Å². The lowest BCUT2D eigenvalue weighted by atomic mass is 10.2. The third-order valence-corrected chi connectivity index (χ3v) is 4.19. The molecule has 6 nitrogen and oxygen atoms in total. The van der Waals surface area contributed by atoms with Crippen molar-refractivity contribution in [2.75, 3.05) is 5.32 Å². The number of nitrogens with one attached hydrogen (secondary N) is 1.